The minimum Gasteiger partial charge on any atom is -0.507 e. The number of carboxylic acid groups (broad SMARTS) is 1. The van der Waals surface area contributed by atoms with Crippen LogP contribution in [0.5, 0.6) is 5.75 Å². The lowest BCUT2D eigenvalue weighted by Gasteiger charge is -2.01. The summed E-state index contributed by atoms with van der Waals surface area (Å²) in [5.74, 6) is -0.277. The third-order valence-electron chi connectivity index (χ3n) is 1.97. The molecule has 0 fully saturated rings. The number of aromatic nitrogens is 2. The zero-order valence-corrected chi connectivity index (χ0v) is 7.41. The lowest BCUT2D eigenvalue weighted by molar-refractivity contribution is 0.195. The Morgan fingerprint density at radius 1 is 1.40 bits per heavy atom. The summed E-state index contributed by atoms with van der Waals surface area (Å²) in [6, 6.07) is 4.34. The number of hydrogen-bond acceptors (Lipinski definition) is 4. The topological polar surface area (TPSA) is 92.4 Å². The van der Waals surface area contributed by atoms with Gasteiger partial charge in [-0.25, -0.2) is 14.3 Å². The monoisotopic (exact) mass is 206 g/mol. The van der Waals surface area contributed by atoms with Gasteiger partial charge in [-0.3, -0.25) is 4.79 Å². The van der Waals surface area contributed by atoms with Crippen LogP contribution in [0.2, 0.25) is 0 Å². The van der Waals surface area contributed by atoms with Gasteiger partial charge in [0, 0.05) is 0 Å². The Kier molecular flexibility index (Phi) is 1.89. The Morgan fingerprint density at radius 2 is 2.13 bits per heavy atom. The molecule has 0 aliphatic heterocycles. The van der Waals surface area contributed by atoms with Gasteiger partial charge in [0.15, 0.2) is 0 Å². The molecular formula is C9H6N2O4. The molecule has 0 unspecified atom stereocenters. The van der Waals surface area contributed by atoms with E-state index in [1.807, 2.05) is 0 Å². The standard InChI is InChI=1S/C9H6N2O4/c12-6-3-1-2-5-7(6)8(13)11(4-10-5)9(14)15/h1-4,12H,(H,14,15). The summed E-state index contributed by atoms with van der Waals surface area (Å²) in [6.45, 7) is 0. The maximum absolute atomic E-state index is 11.6. The molecule has 2 rings (SSSR count). The number of phenols is 1. The van der Waals surface area contributed by atoms with Crippen molar-refractivity contribution in [1.82, 2.24) is 9.55 Å². The summed E-state index contributed by atoms with van der Waals surface area (Å²) < 4.78 is 0.419. The van der Waals surface area contributed by atoms with Gasteiger partial charge in [-0.15, -0.1) is 0 Å². The SMILES string of the molecule is O=C(O)n1cnc2cccc(O)c2c1=O. The summed E-state index contributed by atoms with van der Waals surface area (Å²) in [6.07, 6.45) is -0.524. The highest BCUT2D eigenvalue weighted by Crippen LogP contribution is 2.17. The van der Waals surface area contributed by atoms with Gasteiger partial charge in [0.25, 0.3) is 5.56 Å². The van der Waals surface area contributed by atoms with Crippen LogP contribution in [0, 0.1) is 0 Å². The Hall–Kier alpha value is -2.37. The van der Waals surface area contributed by atoms with Crippen molar-refractivity contribution in [3.05, 3.63) is 34.9 Å². The zero-order valence-electron chi connectivity index (χ0n) is 7.41. The summed E-state index contributed by atoms with van der Waals surface area (Å²) >= 11 is 0. The van der Waals surface area contributed by atoms with Crippen molar-refractivity contribution in [2.75, 3.05) is 0 Å². The minimum absolute atomic E-state index is 0.0950. The van der Waals surface area contributed by atoms with Crippen LogP contribution in [0.3, 0.4) is 0 Å². The second kappa shape index (κ2) is 3.09. The van der Waals surface area contributed by atoms with Crippen molar-refractivity contribution in [2.45, 2.75) is 0 Å². The molecule has 0 radical (unpaired) electrons. The molecule has 0 aliphatic carbocycles. The van der Waals surface area contributed by atoms with Crippen LogP contribution in [-0.2, 0) is 0 Å². The fourth-order valence-electron chi connectivity index (χ4n) is 1.28. The third-order valence-corrected chi connectivity index (χ3v) is 1.97. The highest BCUT2D eigenvalue weighted by molar-refractivity contribution is 5.85. The number of fused-ring (bicyclic) bond motifs is 1. The van der Waals surface area contributed by atoms with Gasteiger partial charge in [-0.05, 0) is 12.1 Å². The summed E-state index contributed by atoms with van der Waals surface area (Å²) in [5.41, 5.74) is -0.539. The summed E-state index contributed by atoms with van der Waals surface area (Å²) in [5, 5.41) is 18.0. The largest absolute Gasteiger partial charge is 0.507 e. The van der Waals surface area contributed by atoms with Crippen LogP contribution in [0.15, 0.2) is 29.3 Å². The Morgan fingerprint density at radius 3 is 2.80 bits per heavy atom. The molecule has 2 N–H and O–H groups in total. The number of hydrogen-bond donors (Lipinski definition) is 2. The number of aromatic hydroxyl groups is 1. The number of nitrogens with zero attached hydrogens (tertiary/aromatic N) is 2. The molecule has 0 atom stereocenters. The normalized spacial score (nSPS) is 10.4. The molecule has 1 aromatic heterocycles. The van der Waals surface area contributed by atoms with Crippen LogP contribution in [0.25, 0.3) is 10.9 Å². The van der Waals surface area contributed by atoms with Gasteiger partial charge in [-0.2, -0.15) is 0 Å². The number of rotatable bonds is 0. The van der Waals surface area contributed by atoms with Crippen molar-refractivity contribution in [1.29, 1.82) is 0 Å². The molecule has 0 amide bonds. The molecule has 1 aromatic carbocycles. The van der Waals surface area contributed by atoms with Crippen molar-refractivity contribution in [3.8, 4) is 5.75 Å². The number of carbonyl (C=O) groups is 1. The van der Waals surface area contributed by atoms with E-state index >= 15 is 0 Å². The maximum atomic E-state index is 11.6. The third kappa shape index (κ3) is 1.32. The fourth-order valence-corrected chi connectivity index (χ4v) is 1.28. The first-order valence-electron chi connectivity index (χ1n) is 4.04. The minimum atomic E-state index is -1.43. The quantitative estimate of drug-likeness (QED) is 0.659. The van der Waals surface area contributed by atoms with Crippen molar-refractivity contribution in [2.24, 2.45) is 0 Å². The van der Waals surface area contributed by atoms with Crippen LogP contribution in [0.4, 0.5) is 4.79 Å². The predicted octanol–water partition coefficient (Wildman–Crippen LogP) is 0.628. The van der Waals surface area contributed by atoms with Crippen molar-refractivity contribution in [3.63, 3.8) is 0 Å². The van der Waals surface area contributed by atoms with E-state index in [0.29, 0.717) is 4.57 Å². The summed E-state index contributed by atoms with van der Waals surface area (Å²) in [4.78, 5) is 25.9. The molecule has 0 bridgehead atoms. The average molecular weight is 206 g/mol. The van der Waals surface area contributed by atoms with Gasteiger partial charge in [0.05, 0.1) is 5.52 Å². The average Bonchev–Trinajstić information content (AvgIpc) is 2.17. The van der Waals surface area contributed by atoms with Crippen molar-refractivity contribution < 1.29 is 15.0 Å². The first-order valence-corrected chi connectivity index (χ1v) is 4.04. The van der Waals surface area contributed by atoms with E-state index in [1.54, 1.807) is 0 Å². The Labute approximate surface area is 83.0 Å². The number of benzene rings is 1. The molecule has 2 aromatic rings. The van der Waals surface area contributed by atoms with E-state index in [0.717, 1.165) is 6.33 Å². The van der Waals surface area contributed by atoms with Gasteiger partial charge in [0.2, 0.25) is 0 Å². The van der Waals surface area contributed by atoms with E-state index in [-0.39, 0.29) is 16.7 Å². The first kappa shape index (κ1) is 9.20. The lowest BCUT2D eigenvalue weighted by Crippen LogP contribution is -2.25. The van der Waals surface area contributed by atoms with Gasteiger partial charge >= 0.3 is 6.09 Å². The maximum Gasteiger partial charge on any atom is 0.419 e. The number of phenolic OH excluding ortho intramolecular Hbond substituents is 1. The van der Waals surface area contributed by atoms with Crippen LogP contribution < -0.4 is 5.56 Å². The molecule has 1 heterocycles. The van der Waals surface area contributed by atoms with E-state index in [9.17, 15) is 14.7 Å². The molecule has 0 saturated carbocycles. The predicted molar refractivity (Wildman–Crippen MR) is 51.1 cm³/mol. The fraction of sp³-hybridized carbons (Fsp3) is 0. The first-order chi connectivity index (χ1) is 7.11. The Bertz CT molecular complexity index is 603. The van der Waals surface area contributed by atoms with Gasteiger partial charge in [0.1, 0.15) is 17.5 Å². The highest BCUT2D eigenvalue weighted by Gasteiger charge is 2.11. The van der Waals surface area contributed by atoms with Gasteiger partial charge < -0.3 is 10.2 Å². The second-order valence-electron chi connectivity index (χ2n) is 2.87. The van der Waals surface area contributed by atoms with E-state index in [4.69, 9.17) is 5.11 Å². The smallest absolute Gasteiger partial charge is 0.419 e. The summed E-state index contributed by atoms with van der Waals surface area (Å²) in [7, 11) is 0. The van der Waals surface area contributed by atoms with E-state index in [2.05, 4.69) is 4.98 Å². The molecule has 15 heavy (non-hydrogen) atoms. The zero-order chi connectivity index (χ0) is 11.0. The van der Waals surface area contributed by atoms with Gasteiger partial charge in [-0.1, -0.05) is 6.07 Å². The molecule has 0 saturated heterocycles. The molecule has 0 aliphatic rings. The molecule has 6 heteroatoms. The van der Waals surface area contributed by atoms with E-state index in [1.165, 1.54) is 18.2 Å². The molecule has 0 spiro atoms. The highest BCUT2D eigenvalue weighted by atomic mass is 16.4. The van der Waals surface area contributed by atoms with Crippen LogP contribution >= 0.6 is 0 Å². The van der Waals surface area contributed by atoms with E-state index < -0.39 is 11.7 Å². The van der Waals surface area contributed by atoms with Crippen LogP contribution in [0.1, 0.15) is 0 Å². The lowest BCUT2D eigenvalue weighted by atomic mass is 10.2. The van der Waals surface area contributed by atoms with Crippen molar-refractivity contribution >= 4 is 17.0 Å². The second-order valence-corrected chi connectivity index (χ2v) is 2.87. The Balaban J connectivity index is 2.96. The molecule has 6 nitrogen and oxygen atoms in total. The molecular weight excluding hydrogens is 200 g/mol. The molecule has 76 valence electrons. The van der Waals surface area contributed by atoms with Crippen LogP contribution in [-0.4, -0.2) is 25.9 Å².